The predicted octanol–water partition coefficient (Wildman–Crippen LogP) is 1.30. The monoisotopic (exact) mass is 209 g/mol. The topological polar surface area (TPSA) is 12.5 Å². The fraction of sp³-hybridized carbons (Fsp3) is 1.00. The molecule has 0 saturated carbocycles. The summed E-state index contributed by atoms with van der Waals surface area (Å²) in [6.45, 7) is 5.13. The number of morpholine rings is 1. The van der Waals surface area contributed by atoms with Gasteiger partial charge in [0.1, 0.15) is 0 Å². The lowest BCUT2D eigenvalue weighted by atomic mass is 10.2. The van der Waals surface area contributed by atoms with E-state index in [9.17, 15) is 0 Å². The molecule has 1 atom stereocenters. The van der Waals surface area contributed by atoms with Crippen LogP contribution in [0.3, 0.4) is 0 Å². The fourth-order valence-corrected chi connectivity index (χ4v) is 1.17. The lowest BCUT2D eigenvalue weighted by Crippen LogP contribution is -2.42. The van der Waals surface area contributed by atoms with E-state index in [0.29, 0.717) is 6.04 Å². The minimum absolute atomic E-state index is 0. The van der Waals surface area contributed by atoms with Gasteiger partial charge in [0.2, 0.25) is 0 Å². The van der Waals surface area contributed by atoms with Crippen molar-refractivity contribution in [1.82, 2.24) is 4.90 Å². The molecule has 0 aromatic carbocycles. The number of halogens is 1. The minimum atomic E-state index is 0. The van der Waals surface area contributed by atoms with Gasteiger partial charge in [-0.15, -0.1) is 17.0 Å². The smallest absolute Gasteiger partial charge is 0.0622 e. The van der Waals surface area contributed by atoms with E-state index in [-0.39, 0.29) is 17.0 Å². The number of rotatable bonds is 1. The minimum Gasteiger partial charge on any atom is -0.378 e. The number of nitrogens with zero attached hydrogens (tertiary/aromatic N) is 1. The zero-order valence-electron chi connectivity index (χ0n) is 6.67. The summed E-state index contributed by atoms with van der Waals surface area (Å²) >= 11 is 0. The molecule has 10 heavy (non-hydrogen) atoms. The number of likely N-dealkylation sites (N-methyl/N-ethyl adjacent to an activating group) is 1. The molecule has 0 aromatic heterocycles. The fourth-order valence-electron chi connectivity index (χ4n) is 1.17. The molecular weight excluding hydrogens is 194 g/mol. The van der Waals surface area contributed by atoms with E-state index in [0.717, 1.165) is 19.8 Å². The van der Waals surface area contributed by atoms with Crippen LogP contribution in [0, 0.1) is 0 Å². The van der Waals surface area contributed by atoms with Crippen LogP contribution in [-0.4, -0.2) is 37.7 Å². The Kier molecular flexibility index (Phi) is 5.31. The van der Waals surface area contributed by atoms with E-state index in [1.54, 1.807) is 0 Å². The maximum Gasteiger partial charge on any atom is 0.0622 e. The van der Waals surface area contributed by atoms with Gasteiger partial charge in [0.05, 0.1) is 13.2 Å². The van der Waals surface area contributed by atoms with E-state index in [1.807, 2.05) is 0 Å². The Balaban J connectivity index is 0.000000810. The predicted molar refractivity (Wildman–Crippen MR) is 47.9 cm³/mol. The van der Waals surface area contributed by atoms with Crippen molar-refractivity contribution in [2.75, 3.05) is 26.8 Å². The Hall–Kier alpha value is 0.400. The molecule has 1 aliphatic heterocycles. The molecule has 0 N–H and O–H groups in total. The summed E-state index contributed by atoms with van der Waals surface area (Å²) in [4.78, 5) is 2.36. The Morgan fingerprint density at radius 1 is 1.60 bits per heavy atom. The second-order valence-corrected chi connectivity index (χ2v) is 2.62. The van der Waals surface area contributed by atoms with E-state index in [1.165, 1.54) is 6.42 Å². The molecule has 1 saturated heterocycles. The van der Waals surface area contributed by atoms with Crippen LogP contribution >= 0.6 is 17.0 Å². The van der Waals surface area contributed by atoms with Gasteiger partial charge in [0.15, 0.2) is 0 Å². The summed E-state index contributed by atoms with van der Waals surface area (Å²) in [6, 6.07) is 0.666. The highest BCUT2D eigenvalue weighted by Crippen LogP contribution is 2.06. The summed E-state index contributed by atoms with van der Waals surface area (Å²) < 4.78 is 5.30. The van der Waals surface area contributed by atoms with Crippen molar-refractivity contribution in [2.24, 2.45) is 0 Å². The van der Waals surface area contributed by atoms with Gasteiger partial charge < -0.3 is 4.74 Å². The van der Waals surface area contributed by atoms with Crippen molar-refractivity contribution in [3.8, 4) is 0 Å². The molecule has 1 rings (SSSR count). The van der Waals surface area contributed by atoms with Gasteiger partial charge in [0, 0.05) is 12.6 Å². The first-order valence-corrected chi connectivity index (χ1v) is 3.62. The maximum atomic E-state index is 5.30. The van der Waals surface area contributed by atoms with E-state index >= 15 is 0 Å². The van der Waals surface area contributed by atoms with Crippen molar-refractivity contribution in [2.45, 2.75) is 19.4 Å². The average molecular weight is 210 g/mol. The van der Waals surface area contributed by atoms with Crippen LogP contribution in [0.1, 0.15) is 13.3 Å². The Bertz CT molecular complexity index is 89.7. The molecule has 0 radical (unpaired) electrons. The van der Waals surface area contributed by atoms with Gasteiger partial charge >= 0.3 is 0 Å². The second-order valence-electron chi connectivity index (χ2n) is 2.62. The summed E-state index contributed by atoms with van der Waals surface area (Å²) in [7, 11) is 2.16. The van der Waals surface area contributed by atoms with Crippen molar-refractivity contribution < 1.29 is 4.74 Å². The van der Waals surface area contributed by atoms with Crippen LogP contribution < -0.4 is 0 Å². The van der Waals surface area contributed by atoms with Gasteiger partial charge in [-0.05, 0) is 13.5 Å². The quantitative estimate of drug-likeness (QED) is 0.646. The molecule has 1 heterocycles. The summed E-state index contributed by atoms with van der Waals surface area (Å²) in [5, 5.41) is 0. The first-order valence-electron chi connectivity index (χ1n) is 3.62. The van der Waals surface area contributed by atoms with Crippen LogP contribution in [-0.2, 0) is 4.74 Å². The molecule has 0 amide bonds. The van der Waals surface area contributed by atoms with Gasteiger partial charge in [0.25, 0.3) is 0 Å². The van der Waals surface area contributed by atoms with E-state index in [2.05, 4.69) is 18.9 Å². The molecule has 0 aromatic rings. The third-order valence-corrected chi connectivity index (χ3v) is 1.99. The highest BCUT2D eigenvalue weighted by atomic mass is 79.9. The van der Waals surface area contributed by atoms with Crippen LogP contribution in [0.2, 0.25) is 0 Å². The summed E-state index contributed by atoms with van der Waals surface area (Å²) in [5.41, 5.74) is 0. The Labute approximate surface area is 73.3 Å². The molecule has 1 aliphatic rings. The third kappa shape index (κ3) is 2.56. The van der Waals surface area contributed by atoms with E-state index in [4.69, 9.17) is 4.74 Å². The molecule has 2 nitrogen and oxygen atoms in total. The Morgan fingerprint density at radius 3 is 2.70 bits per heavy atom. The van der Waals surface area contributed by atoms with Crippen LogP contribution in [0.25, 0.3) is 0 Å². The van der Waals surface area contributed by atoms with Crippen molar-refractivity contribution in [1.29, 1.82) is 0 Å². The maximum absolute atomic E-state index is 5.30. The zero-order valence-corrected chi connectivity index (χ0v) is 8.38. The summed E-state index contributed by atoms with van der Waals surface area (Å²) in [6.07, 6.45) is 1.20. The van der Waals surface area contributed by atoms with Crippen LogP contribution in [0.5, 0.6) is 0 Å². The lowest BCUT2D eigenvalue weighted by Gasteiger charge is -2.31. The molecule has 1 fully saturated rings. The second kappa shape index (κ2) is 5.10. The number of hydrogen-bond acceptors (Lipinski definition) is 2. The highest BCUT2D eigenvalue weighted by Gasteiger charge is 2.16. The van der Waals surface area contributed by atoms with Gasteiger partial charge in [-0.2, -0.15) is 0 Å². The van der Waals surface area contributed by atoms with Crippen LogP contribution in [0.15, 0.2) is 0 Å². The van der Waals surface area contributed by atoms with Gasteiger partial charge in [-0.25, -0.2) is 0 Å². The largest absolute Gasteiger partial charge is 0.378 e. The normalized spacial score (nSPS) is 27.6. The van der Waals surface area contributed by atoms with Gasteiger partial charge in [-0.1, -0.05) is 6.92 Å². The van der Waals surface area contributed by atoms with Crippen LogP contribution in [0.4, 0.5) is 0 Å². The molecule has 0 aliphatic carbocycles. The first-order chi connectivity index (χ1) is 4.34. The third-order valence-electron chi connectivity index (χ3n) is 1.99. The standard InChI is InChI=1S/C7H15NO.BrH/c1-3-7-6-9-5-4-8(7)2;/h7H,3-6H2,1-2H3;1H. The lowest BCUT2D eigenvalue weighted by molar-refractivity contribution is 0.00477. The molecule has 0 spiro atoms. The van der Waals surface area contributed by atoms with Crippen molar-refractivity contribution >= 4 is 17.0 Å². The molecule has 62 valence electrons. The SMILES string of the molecule is Br.CCC1COCCN1C. The molecular formula is C7H16BrNO. The molecule has 3 heteroatoms. The first kappa shape index (κ1) is 10.4. The molecule has 0 bridgehead atoms. The molecule has 1 unspecified atom stereocenters. The Morgan fingerprint density at radius 2 is 2.30 bits per heavy atom. The van der Waals surface area contributed by atoms with Crippen molar-refractivity contribution in [3.63, 3.8) is 0 Å². The van der Waals surface area contributed by atoms with Gasteiger partial charge in [-0.3, -0.25) is 4.90 Å². The van der Waals surface area contributed by atoms with Crippen molar-refractivity contribution in [3.05, 3.63) is 0 Å². The van der Waals surface area contributed by atoms with E-state index < -0.39 is 0 Å². The average Bonchev–Trinajstić information content (AvgIpc) is 1.89. The number of hydrogen-bond donors (Lipinski definition) is 0. The highest BCUT2D eigenvalue weighted by molar-refractivity contribution is 8.93. The number of ether oxygens (including phenoxy) is 1. The zero-order chi connectivity index (χ0) is 6.69. The summed E-state index contributed by atoms with van der Waals surface area (Å²) in [5.74, 6) is 0.